The number of hydrogen-bond acceptors (Lipinski definition) is 5. The number of halogens is 1. The molecule has 1 heterocycles. The topological polar surface area (TPSA) is 75.8 Å². The van der Waals surface area contributed by atoms with Crippen LogP contribution in [0.2, 0.25) is 0 Å². The third-order valence-corrected chi connectivity index (χ3v) is 4.69. The van der Waals surface area contributed by atoms with Gasteiger partial charge in [-0.3, -0.25) is 19.9 Å². The molecule has 2 aromatic carbocycles. The molecule has 0 bridgehead atoms. The largest absolute Gasteiger partial charge is 0.322 e. The second-order valence-electron chi connectivity index (χ2n) is 6.76. The minimum atomic E-state index is -0.482. The van der Waals surface area contributed by atoms with E-state index in [-0.39, 0.29) is 35.0 Å². The first-order chi connectivity index (χ1) is 13.0. The van der Waals surface area contributed by atoms with Crippen LogP contribution >= 0.6 is 17.0 Å². The molecule has 0 unspecified atom stereocenters. The molecule has 0 aromatic heterocycles. The van der Waals surface area contributed by atoms with Crippen molar-refractivity contribution in [2.24, 2.45) is 4.99 Å². The minimum absolute atomic E-state index is 0. The molecular formula is C21H24BrN3O3. The van der Waals surface area contributed by atoms with Crippen molar-refractivity contribution in [3.8, 4) is 0 Å². The molecule has 0 fully saturated rings. The van der Waals surface area contributed by atoms with Crippen LogP contribution in [0.1, 0.15) is 41.6 Å². The van der Waals surface area contributed by atoms with E-state index in [2.05, 4.69) is 0 Å². The first kappa shape index (κ1) is 21.8. The summed E-state index contributed by atoms with van der Waals surface area (Å²) in [5.41, 5.74) is 2.33. The number of benzene rings is 2. The van der Waals surface area contributed by atoms with Gasteiger partial charge in [-0.25, -0.2) is 0 Å². The summed E-state index contributed by atoms with van der Waals surface area (Å²) < 4.78 is 0. The number of Topliss-reactive ketones (excluding diaryl/α,β-unsaturated/α-hetero) is 1. The van der Waals surface area contributed by atoms with Gasteiger partial charge < -0.3 is 4.90 Å². The Balaban J connectivity index is 0.00000280. The third-order valence-electron chi connectivity index (χ3n) is 4.69. The van der Waals surface area contributed by atoms with E-state index < -0.39 is 4.92 Å². The highest BCUT2D eigenvalue weighted by Crippen LogP contribution is 2.21. The number of hydrogen-bond donors (Lipinski definition) is 0. The van der Waals surface area contributed by atoms with E-state index in [1.165, 1.54) is 12.1 Å². The molecule has 148 valence electrons. The van der Waals surface area contributed by atoms with Gasteiger partial charge in [0.1, 0.15) is 5.84 Å². The molecule has 0 aliphatic carbocycles. The van der Waals surface area contributed by atoms with Crippen LogP contribution in [0.15, 0.2) is 53.5 Å². The fourth-order valence-corrected chi connectivity index (χ4v) is 3.16. The summed E-state index contributed by atoms with van der Waals surface area (Å²) in [5, 5.41) is 11.0. The van der Waals surface area contributed by atoms with Gasteiger partial charge >= 0.3 is 0 Å². The molecule has 0 radical (unpaired) electrons. The highest BCUT2D eigenvalue weighted by molar-refractivity contribution is 8.93. The smallest absolute Gasteiger partial charge is 0.270 e. The lowest BCUT2D eigenvalue weighted by molar-refractivity contribution is -0.384. The Morgan fingerprint density at radius 3 is 2.61 bits per heavy atom. The number of nitro groups is 1. The number of non-ortho nitro benzene ring substituents is 1. The summed E-state index contributed by atoms with van der Waals surface area (Å²) >= 11 is 0. The Morgan fingerprint density at radius 1 is 1.14 bits per heavy atom. The monoisotopic (exact) mass is 445 g/mol. The lowest BCUT2D eigenvalue weighted by Crippen LogP contribution is -2.36. The van der Waals surface area contributed by atoms with E-state index in [1.807, 2.05) is 36.1 Å². The summed E-state index contributed by atoms with van der Waals surface area (Å²) in [6.45, 7) is 2.90. The Bertz CT molecular complexity index is 865. The molecule has 0 saturated carbocycles. The maximum Gasteiger partial charge on any atom is 0.270 e. The van der Waals surface area contributed by atoms with Gasteiger partial charge in [0, 0.05) is 36.3 Å². The van der Waals surface area contributed by atoms with E-state index in [0.29, 0.717) is 5.56 Å². The zero-order valence-corrected chi connectivity index (χ0v) is 17.5. The predicted molar refractivity (Wildman–Crippen MR) is 117 cm³/mol. The zero-order chi connectivity index (χ0) is 19.2. The normalized spacial score (nSPS) is 13.7. The minimum Gasteiger partial charge on any atom is -0.322 e. The SMILES string of the molecule is Br.Cc1ccc(N(CC(=O)c2cccc([N+](=O)[O-])c2)C2=NCCCCC2)cc1. The van der Waals surface area contributed by atoms with Crippen molar-refractivity contribution in [3.63, 3.8) is 0 Å². The van der Waals surface area contributed by atoms with Crippen LogP contribution < -0.4 is 4.90 Å². The lowest BCUT2D eigenvalue weighted by atomic mass is 10.1. The van der Waals surface area contributed by atoms with Crippen LogP contribution in [-0.4, -0.2) is 29.6 Å². The number of amidine groups is 1. The Labute approximate surface area is 175 Å². The van der Waals surface area contributed by atoms with Gasteiger partial charge in [0.15, 0.2) is 5.78 Å². The number of carbonyl (C=O) groups is 1. The van der Waals surface area contributed by atoms with Crippen LogP contribution in [0.5, 0.6) is 0 Å². The zero-order valence-electron chi connectivity index (χ0n) is 15.8. The van der Waals surface area contributed by atoms with Gasteiger partial charge in [0.05, 0.1) is 11.5 Å². The second kappa shape index (κ2) is 10.1. The number of aryl methyl sites for hydroxylation is 1. The van der Waals surface area contributed by atoms with Crippen molar-refractivity contribution in [2.45, 2.75) is 32.6 Å². The van der Waals surface area contributed by atoms with E-state index in [4.69, 9.17) is 4.99 Å². The highest BCUT2D eigenvalue weighted by Gasteiger charge is 2.20. The predicted octanol–water partition coefficient (Wildman–Crippen LogP) is 5.14. The Kier molecular flexibility index (Phi) is 7.87. The van der Waals surface area contributed by atoms with Gasteiger partial charge in [-0.1, -0.05) is 36.2 Å². The fourth-order valence-electron chi connectivity index (χ4n) is 3.16. The highest BCUT2D eigenvalue weighted by atomic mass is 79.9. The number of aliphatic imine (C=N–C) groups is 1. The summed E-state index contributed by atoms with van der Waals surface area (Å²) in [5.74, 6) is 0.751. The average Bonchev–Trinajstić information content (AvgIpc) is 2.96. The average molecular weight is 446 g/mol. The molecule has 6 nitrogen and oxygen atoms in total. The maximum absolute atomic E-state index is 12.9. The first-order valence-corrected chi connectivity index (χ1v) is 9.20. The number of nitro benzene ring substituents is 1. The summed E-state index contributed by atoms with van der Waals surface area (Å²) in [6.07, 6.45) is 4.07. The third kappa shape index (κ3) is 5.48. The lowest BCUT2D eigenvalue weighted by Gasteiger charge is -2.25. The standard InChI is InChI=1S/C21H23N3O3.BrH/c1-16-9-11-18(12-10-16)23(21-8-3-2-4-13-22-21)15-20(25)17-6-5-7-19(14-17)24(26)27;/h5-7,9-12,14H,2-4,8,13,15H2,1H3;1H. The molecule has 1 aliphatic heterocycles. The molecule has 0 spiro atoms. The maximum atomic E-state index is 12.9. The number of carbonyl (C=O) groups excluding carboxylic acids is 1. The van der Waals surface area contributed by atoms with Crippen LogP contribution in [0.4, 0.5) is 11.4 Å². The van der Waals surface area contributed by atoms with E-state index in [9.17, 15) is 14.9 Å². The molecular weight excluding hydrogens is 422 g/mol. The molecule has 0 atom stereocenters. The van der Waals surface area contributed by atoms with Crippen LogP contribution in [0.25, 0.3) is 0 Å². The summed E-state index contributed by atoms with van der Waals surface area (Å²) in [7, 11) is 0. The quantitative estimate of drug-likeness (QED) is 0.362. The fraction of sp³-hybridized carbons (Fsp3) is 0.333. The van der Waals surface area contributed by atoms with Crippen molar-refractivity contribution in [1.82, 2.24) is 0 Å². The van der Waals surface area contributed by atoms with Crippen molar-refractivity contribution in [1.29, 1.82) is 0 Å². The Morgan fingerprint density at radius 2 is 1.89 bits per heavy atom. The van der Waals surface area contributed by atoms with Gasteiger partial charge in [0.2, 0.25) is 0 Å². The van der Waals surface area contributed by atoms with Crippen LogP contribution in [0.3, 0.4) is 0 Å². The van der Waals surface area contributed by atoms with Crippen LogP contribution in [-0.2, 0) is 0 Å². The summed E-state index contributed by atoms with van der Waals surface area (Å²) in [4.78, 5) is 30.0. The number of nitrogens with zero attached hydrogens (tertiary/aromatic N) is 3. The number of anilines is 1. The van der Waals surface area contributed by atoms with E-state index in [0.717, 1.165) is 49.3 Å². The molecule has 3 rings (SSSR count). The number of ketones is 1. The molecule has 28 heavy (non-hydrogen) atoms. The Hall–Kier alpha value is -2.54. The van der Waals surface area contributed by atoms with Gasteiger partial charge in [-0.2, -0.15) is 0 Å². The molecule has 7 heteroatoms. The van der Waals surface area contributed by atoms with Gasteiger partial charge in [-0.05, 0) is 31.9 Å². The second-order valence-corrected chi connectivity index (χ2v) is 6.76. The van der Waals surface area contributed by atoms with E-state index in [1.54, 1.807) is 12.1 Å². The van der Waals surface area contributed by atoms with Crippen LogP contribution in [0, 0.1) is 17.0 Å². The van der Waals surface area contributed by atoms with E-state index >= 15 is 0 Å². The van der Waals surface area contributed by atoms with Crippen molar-refractivity contribution < 1.29 is 9.72 Å². The van der Waals surface area contributed by atoms with Crippen molar-refractivity contribution >= 4 is 40.0 Å². The van der Waals surface area contributed by atoms with Gasteiger partial charge in [0.25, 0.3) is 5.69 Å². The van der Waals surface area contributed by atoms with Crippen molar-refractivity contribution in [2.75, 3.05) is 18.0 Å². The molecule has 0 saturated heterocycles. The molecule has 1 aliphatic rings. The summed E-state index contributed by atoms with van der Waals surface area (Å²) in [6, 6.07) is 13.9. The van der Waals surface area contributed by atoms with Gasteiger partial charge in [-0.15, -0.1) is 17.0 Å². The number of rotatable bonds is 5. The first-order valence-electron chi connectivity index (χ1n) is 9.20. The molecule has 0 N–H and O–H groups in total. The van der Waals surface area contributed by atoms with Crippen molar-refractivity contribution in [3.05, 3.63) is 69.8 Å². The molecule has 0 amide bonds. The molecule has 2 aromatic rings.